The van der Waals surface area contributed by atoms with Crippen LogP contribution in [0.1, 0.15) is 43.4 Å². The molecule has 3 fully saturated rings. The van der Waals surface area contributed by atoms with Gasteiger partial charge in [-0.15, -0.1) is 0 Å². The second-order valence-electron chi connectivity index (χ2n) is 6.94. The molecular formula is C17H27N3O. The van der Waals surface area contributed by atoms with Crippen LogP contribution in [0.25, 0.3) is 0 Å². The summed E-state index contributed by atoms with van der Waals surface area (Å²) in [6.07, 6.45) is 8.72. The van der Waals surface area contributed by atoms with Gasteiger partial charge >= 0.3 is 0 Å². The zero-order chi connectivity index (χ0) is 14.1. The van der Waals surface area contributed by atoms with E-state index < -0.39 is 0 Å². The van der Waals surface area contributed by atoms with E-state index >= 15 is 0 Å². The van der Waals surface area contributed by atoms with Crippen molar-refractivity contribution < 1.29 is 4.42 Å². The number of piperidine rings is 1. The summed E-state index contributed by atoms with van der Waals surface area (Å²) in [5.74, 6) is 1.15. The van der Waals surface area contributed by atoms with Gasteiger partial charge < -0.3 is 9.73 Å². The van der Waals surface area contributed by atoms with Gasteiger partial charge in [0.25, 0.3) is 0 Å². The third kappa shape index (κ3) is 3.33. The Morgan fingerprint density at radius 3 is 3.00 bits per heavy atom. The molecule has 4 rings (SSSR count). The number of furan rings is 1. The van der Waals surface area contributed by atoms with Gasteiger partial charge in [0.1, 0.15) is 5.76 Å². The molecule has 3 heterocycles. The highest BCUT2D eigenvalue weighted by molar-refractivity contribution is 5.17. The van der Waals surface area contributed by atoms with Crippen LogP contribution in [0.3, 0.4) is 0 Å². The fourth-order valence-corrected chi connectivity index (χ4v) is 3.79. The Morgan fingerprint density at radius 2 is 2.10 bits per heavy atom. The fourth-order valence-electron chi connectivity index (χ4n) is 3.79. The minimum Gasteiger partial charge on any atom is -0.468 e. The van der Waals surface area contributed by atoms with Gasteiger partial charge in [-0.05, 0) is 38.3 Å². The van der Waals surface area contributed by atoms with Crippen molar-refractivity contribution in [3.05, 3.63) is 23.7 Å². The summed E-state index contributed by atoms with van der Waals surface area (Å²) in [5, 5.41) is 3.56. The van der Waals surface area contributed by atoms with Gasteiger partial charge in [-0.2, -0.15) is 0 Å². The van der Waals surface area contributed by atoms with E-state index in [1.54, 1.807) is 0 Å². The second-order valence-corrected chi connectivity index (χ2v) is 6.94. The molecule has 1 aromatic rings. The van der Waals surface area contributed by atoms with Crippen molar-refractivity contribution >= 4 is 0 Å². The van der Waals surface area contributed by atoms with Gasteiger partial charge in [-0.25, -0.2) is 0 Å². The molecule has 1 aromatic heterocycles. The SMILES string of the molecule is c1cc(CN2CCN3CCCCC3C2)c(CNC2CC2)o1. The fraction of sp³-hybridized carbons (Fsp3) is 0.765. The van der Waals surface area contributed by atoms with Crippen LogP contribution in [-0.4, -0.2) is 48.1 Å². The van der Waals surface area contributed by atoms with Gasteiger partial charge in [0.05, 0.1) is 12.8 Å². The van der Waals surface area contributed by atoms with Gasteiger partial charge in [0.2, 0.25) is 0 Å². The highest BCUT2D eigenvalue weighted by atomic mass is 16.3. The molecule has 116 valence electrons. The van der Waals surface area contributed by atoms with E-state index in [0.717, 1.165) is 30.9 Å². The van der Waals surface area contributed by atoms with E-state index in [9.17, 15) is 0 Å². The van der Waals surface area contributed by atoms with Gasteiger partial charge in [-0.1, -0.05) is 6.42 Å². The molecule has 1 saturated carbocycles. The van der Waals surface area contributed by atoms with E-state index in [2.05, 4.69) is 21.2 Å². The molecule has 21 heavy (non-hydrogen) atoms. The normalized spacial score (nSPS) is 27.7. The van der Waals surface area contributed by atoms with Gasteiger partial charge in [0, 0.05) is 43.8 Å². The first-order valence-electron chi connectivity index (χ1n) is 8.63. The summed E-state index contributed by atoms with van der Waals surface area (Å²) in [6.45, 7) is 6.97. The molecule has 1 unspecified atom stereocenters. The lowest BCUT2D eigenvalue weighted by molar-refractivity contribution is 0.0454. The number of rotatable bonds is 5. The molecule has 0 radical (unpaired) electrons. The van der Waals surface area contributed by atoms with Crippen LogP contribution < -0.4 is 5.32 Å². The maximum absolute atomic E-state index is 5.69. The van der Waals surface area contributed by atoms with Crippen molar-refractivity contribution in [2.75, 3.05) is 26.2 Å². The largest absolute Gasteiger partial charge is 0.468 e. The summed E-state index contributed by atoms with van der Waals surface area (Å²) < 4.78 is 5.69. The Morgan fingerprint density at radius 1 is 1.14 bits per heavy atom. The minimum absolute atomic E-state index is 0.744. The molecule has 2 aliphatic heterocycles. The molecule has 0 bridgehead atoms. The topological polar surface area (TPSA) is 31.6 Å². The number of nitrogens with one attached hydrogen (secondary N) is 1. The summed E-state index contributed by atoms with van der Waals surface area (Å²) in [7, 11) is 0. The van der Waals surface area contributed by atoms with E-state index in [4.69, 9.17) is 4.42 Å². The van der Waals surface area contributed by atoms with Crippen LogP contribution in [-0.2, 0) is 13.1 Å². The molecular weight excluding hydrogens is 262 g/mol. The van der Waals surface area contributed by atoms with E-state index in [1.165, 1.54) is 63.8 Å². The number of piperazine rings is 1. The lowest BCUT2D eigenvalue weighted by Crippen LogP contribution is -2.54. The third-order valence-corrected chi connectivity index (χ3v) is 5.28. The maximum atomic E-state index is 5.69. The average molecular weight is 289 g/mol. The van der Waals surface area contributed by atoms with E-state index in [1.807, 2.05) is 6.26 Å². The molecule has 4 heteroatoms. The molecule has 1 aliphatic carbocycles. The second kappa shape index (κ2) is 6.11. The lowest BCUT2D eigenvalue weighted by atomic mass is 9.99. The standard InChI is InChI=1S/C17H27N3O/c1-2-7-20-9-8-19(13-16(20)3-1)12-14-6-10-21-17(14)11-18-15-4-5-15/h6,10,15-16,18H,1-5,7-9,11-13H2. The average Bonchev–Trinajstić information content (AvgIpc) is 3.25. The quantitative estimate of drug-likeness (QED) is 0.900. The van der Waals surface area contributed by atoms with Crippen LogP contribution in [0.5, 0.6) is 0 Å². The summed E-state index contributed by atoms with van der Waals surface area (Å²) in [4.78, 5) is 5.32. The highest BCUT2D eigenvalue weighted by Gasteiger charge is 2.29. The summed E-state index contributed by atoms with van der Waals surface area (Å²) >= 11 is 0. The molecule has 1 atom stereocenters. The number of nitrogens with zero attached hydrogens (tertiary/aromatic N) is 2. The van der Waals surface area contributed by atoms with Crippen molar-refractivity contribution in [1.29, 1.82) is 0 Å². The van der Waals surface area contributed by atoms with Gasteiger partial charge in [-0.3, -0.25) is 9.80 Å². The van der Waals surface area contributed by atoms with Crippen molar-refractivity contribution in [3.63, 3.8) is 0 Å². The monoisotopic (exact) mass is 289 g/mol. The Balaban J connectivity index is 1.34. The molecule has 2 saturated heterocycles. The van der Waals surface area contributed by atoms with Crippen LogP contribution in [0, 0.1) is 0 Å². The maximum Gasteiger partial charge on any atom is 0.122 e. The van der Waals surface area contributed by atoms with Crippen LogP contribution in [0.15, 0.2) is 16.7 Å². The zero-order valence-electron chi connectivity index (χ0n) is 12.9. The zero-order valence-corrected chi connectivity index (χ0v) is 12.9. The molecule has 0 amide bonds. The minimum atomic E-state index is 0.744. The van der Waals surface area contributed by atoms with Crippen LogP contribution in [0.2, 0.25) is 0 Å². The van der Waals surface area contributed by atoms with Crippen LogP contribution >= 0.6 is 0 Å². The van der Waals surface area contributed by atoms with E-state index in [0.29, 0.717) is 0 Å². The first-order chi connectivity index (χ1) is 10.4. The molecule has 1 N–H and O–H groups in total. The van der Waals surface area contributed by atoms with Crippen molar-refractivity contribution in [3.8, 4) is 0 Å². The van der Waals surface area contributed by atoms with Crippen LogP contribution in [0.4, 0.5) is 0 Å². The molecule has 0 spiro atoms. The number of hydrogen-bond acceptors (Lipinski definition) is 4. The van der Waals surface area contributed by atoms with Gasteiger partial charge in [0.15, 0.2) is 0 Å². The van der Waals surface area contributed by atoms with E-state index in [-0.39, 0.29) is 0 Å². The summed E-state index contributed by atoms with van der Waals surface area (Å²) in [6, 6.07) is 3.71. The Labute approximate surface area is 127 Å². The highest BCUT2D eigenvalue weighted by Crippen LogP contribution is 2.24. The Kier molecular flexibility index (Phi) is 4.01. The third-order valence-electron chi connectivity index (χ3n) is 5.28. The van der Waals surface area contributed by atoms with Crippen molar-refractivity contribution in [2.45, 2.75) is 57.3 Å². The molecule has 3 aliphatic rings. The number of hydrogen-bond donors (Lipinski definition) is 1. The smallest absolute Gasteiger partial charge is 0.122 e. The molecule has 0 aromatic carbocycles. The molecule has 4 nitrogen and oxygen atoms in total. The Bertz CT molecular complexity index is 468. The summed E-state index contributed by atoms with van der Waals surface area (Å²) in [5.41, 5.74) is 1.38. The first-order valence-corrected chi connectivity index (χ1v) is 8.63. The predicted molar refractivity (Wildman–Crippen MR) is 83.1 cm³/mol. The first kappa shape index (κ1) is 13.8. The lowest BCUT2D eigenvalue weighted by Gasteiger charge is -2.44. The number of fused-ring (bicyclic) bond motifs is 1. The van der Waals surface area contributed by atoms with Crippen molar-refractivity contribution in [1.82, 2.24) is 15.1 Å². The predicted octanol–water partition coefficient (Wildman–Crippen LogP) is 2.20. The van der Waals surface area contributed by atoms with Crippen molar-refractivity contribution in [2.24, 2.45) is 0 Å². The Hall–Kier alpha value is -0.840.